The van der Waals surface area contributed by atoms with Gasteiger partial charge in [0.15, 0.2) is 0 Å². The summed E-state index contributed by atoms with van der Waals surface area (Å²) in [5, 5.41) is 4.47. The first-order valence-electron chi connectivity index (χ1n) is 6.17. The van der Waals surface area contributed by atoms with Crippen LogP contribution in [0.2, 0.25) is 0 Å². The Morgan fingerprint density at radius 1 is 1.25 bits per heavy atom. The van der Waals surface area contributed by atoms with Crippen molar-refractivity contribution < 1.29 is 0 Å². The minimum atomic E-state index is 0.606. The molecule has 0 aromatic carbocycles. The fourth-order valence-corrected chi connectivity index (χ4v) is 2.83. The average molecular weight is 240 g/mol. The number of hydrogen-bond acceptors (Lipinski definition) is 3. The maximum absolute atomic E-state index is 4.79. The number of thiazole rings is 1. The molecule has 1 heterocycles. The van der Waals surface area contributed by atoms with Gasteiger partial charge in [-0.1, -0.05) is 27.7 Å². The molecule has 0 saturated carbocycles. The van der Waals surface area contributed by atoms with Gasteiger partial charge in [0.1, 0.15) is 0 Å². The lowest BCUT2D eigenvalue weighted by Gasteiger charge is -2.06. The van der Waals surface area contributed by atoms with E-state index in [1.165, 1.54) is 15.6 Å². The average Bonchev–Trinajstić information content (AvgIpc) is 2.57. The van der Waals surface area contributed by atoms with E-state index in [-0.39, 0.29) is 0 Å². The Balaban J connectivity index is 2.82. The molecule has 0 aliphatic heterocycles. The van der Waals surface area contributed by atoms with E-state index in [4.69, 9.17) is 4.98 Å². The maximum Gasteiger partial charge on any atom is 0.0943 e. The Hall–Kier alpha value is -0.410. The van der Waals surface area contributed by atoms with Crippen molar-refractivity contribution in [2.75, 3.05) is 13.6 Å². The van der Waals surface area contributed by atoms with Crippen LogP contribution in [0.15, 0.2) is 0 Å². The third-order valence-corrected chi connectivity index (χ3v) is 3.94. The lowest BCUT2D eigenvalue weighted by atomic mass is 10.0. The van der Waals surface area contributed by atoms with Gasteiger partial charge in [0.05, 0.1) is 10.7 Å². The number of rotatable bonds is 6. The summed E-state index contributed by atoms with van der Waals surface area (Å²) in [5.74, 6) is 1.30. The lowest BCUT2D eigenvalue weighted by Crippen LogP contribution is -2.10. The van der Waals surface area contributed by atoms with Crippen LogP contribution in [0.3, 0.4) is 0 Å². The van der Waals surface area contributed by atoms with E-state index in [1.54, 1.807) is 0 Å². The van der Waals surface area contributed by atoms with Crippen molar-refractivity contribution in [1.29, 1.82) is 0 Å². The molecule has 0 spiro atoms. The zero-order valence-electron chi connectivity index (χ0n) is 11.1. The van der Waals surface area contributed by atoms with Gasteiger partial charge in [0.2, 0.25) is 0 Å². The first-order chi connectivity index (χ1) is 7.54. The van der Waals surface area contributed by atoms with Gasteiger partial charge >= 0.3 is 0 Å². The molecule has 0 aliphatic rings. The molecule has 0 amide bonds. The molecule has 0 bridgehead atoms. The Morgan fingerprint density at radius 3 is 2.44 bits per heavy atom. The molecule has 1 aromatic heterocycles. The molecule has 16 heavy (non-hydrogen) atoms. The molecule has 3 heteroatoms. The molecule has 2 nitrogen and oxygen atoms in total. The topological polar surface area (TPSA) is 24.9 Å². The van der Waals surface area contributed by atoms with Crippen molar-refractivity contribution in [2.45, 2.75) is 46.5 Å². The molecule has 0 atom stereocenters. The van der Waals surface area contributed by atoms with Crippen molar-refractivity contribution in [3.05, 3.63) is 15.6 Å². The molecular weight excluding hydrogens is 216 g/mol. The highest BCUT2D eigenvalue weighted by Crippen LogP contribution is 2.28. The quantitative estimate of drug-likeness (QED) is 0.826. The summed E-state index contributed by atoms with van der Waals surface area (Å²) in [6.45, 7) is 10.1. The van der Waals surface area contributed by atoms with Crippen LogP contribution in [0.4, 0.5) is 0 Å². The van der Waals surface area contributed by atoms with Crippen molar-refractivity contribution >= 4 is 11.3 Å². The number of nitrogens with one attached hydrogen (secondary N) is 1. The van der Waals surface area contributed by atoms with Gasteiger partial charge in [-0.05, 0) is 25.3 Å². The molecule has 0 aliphatic carbocycles. The predicted molar refractivity (Wildman–Crippen MR) is 72.4 cm³/mol. The third kappa shape index (κ3) is 3.87. The maximum atomic E-state index is 4.79. The van der Waals surface area contributed by atoms with Crippen LogP contribution < -0.4 is 5.32 Å². The summed E-state index contributed by atoms with van der Waals surface area (Å²) in [4.78, 5) is 6.27. The first-order valence-corrected chi connectivity index (χ1v) is 6.99. The molecular formula is C13H24N2S. The number of likely N-dealkylation sites (N-methyl/N-ethyl adjacent to an activating group) is 1. The fourth-order valence-electron chi connectivity index (χ4n) is 1.74. The van der Waals surface area contributed by atoms with Gasteiger partial charge in [-0.2, -0.15) is 0 Å². The standard InChI is InChI=1S/C13H24N2S/c1-9(2)8-11-13(10(3)4)16-12(15-11)6-7-14-5/h9-10,14H,6-8H2,1-5H3. The molecule has 0 unspecified atom stereocenters. The zero-order valence-corrected chi connectivity index (χ0v) is 11.9. The number of nitrogens with zero attached hydrogens (tertiary/aromatic N) is 1. The first kappa shape index (κ1) is 13.7. The summed E-state index contributed by atoms with van der Waals surface area (Å²) in [6, 6.07) is 0. The summed E-state index contributed by atoms with van der Waals surface area (Å²) in [7, 11) is 1.99. The fraction of sp³-hybridized carbons (Fsp3) is 0.769. The molecule has 0 fully saturated rings. The minimum Gasteiger partial charge on any atom is -0.319 e. The second kappa shape index (κ2) is 6.36. The van der Waals surface area contributed by atoms with E-state index in [9.17, 15) is 0 Å². The van der Waals surface area contributed by atoms with Crippen LogP contribution in [-0.4, -0.2) is 18.6 Å². The smallest absolute Gasteiger partial charge is 0.0943 e. The van der Waals surface area contributed by atoms with Gasteiger partial charge in [0.25, 0.3) is 0 Å². The monoisotopic (exact) mass is 240 g/mol. The Kier molecular flexibility index (Phi) is 5.42. The van der Waals surface area contributed by atoms with Gasteiger partial charge in [0, 0.05) is 17.8 Å². The molecule has 0 radical (unpaired) electrons. The number of aromatic nitrogens is 1. The van der Waals surface area contributed by atoms with Crippen molar-refractivity contribution in [2.24, 2.45) is 5.92 Å². The van der Waals surface area contributed by atoms with Crippen molar-refractivity contribution in [3.63, 3.8) is 0 Å². The summed E-state index contributed by atoms with van der Waals surface area (Å²) in [6.07, 6.45) is 2.17. The highest BCUT2D eigenvalue weighted by atomic mass is 32.1. The molecule has 0 saturated heterocycles. The molecule has 1 rings (SSSR count). The van der Waals surface area contributed by atoms with Gasteiger partial charge < -0.3 is 5.32 Å². The summed E-state index contributed by atoms with van der Waals surface area (Å²) >= 11 is 1.90. The van der Waals surface area contributed by atoms with Gasteiger partial charge in [-0.25, -0.2) is 4.98 Å². The van der Waals surface area contributed by atoms with Crippen LogP contribution in [0.5, 0.6) is 0 Å². The van der Waals surface area contributed by atoms with Crippen LogP contribution in [-0.2, 0) is 12.8 Å². The van der Waals surface area contributed by atoms with Crippen molar-refractivity contribution in [1.82, 2.24) is 10.3 Å². The molecule has 1 aromatic rings. The van der Waals surface area contributed by atoms with E-state index in [1.807, 2.05) is 18.4 Å². The number of hydrogen-bond donors (Lipinski definition) is 1. The second-order valence-electron chi connectivity index (χ2n) is 5.02. The lowest BCUT2D eigenvalue weighted by molar-refractivity contribution is 0.628. The normalized spacial score (nSPS) is 11.7. The van der Waals surface area contributed by atoms with Crippen LogP contribution in [0, 0.1) is 5.92 Å². The highest BCUT2D eigenvalue weighted by molar-refractivity contribution is 7.11. The van der Waals surface area contributed by atoms with E-state index in [0.29, 0.717) is 11.8 Å². The van der Waals surface area contributed by atoms with Crippen LogP contribution in [0.25, 0.3) is 0 Å². The second-order valence-corrected chi connectivity index (χ2v) is 6.14. The van der Waals surface area contributed by atoms with Gasteiger partial charge in [-0.3, -0.25) is 0 Å². The molecule has 92 valence electrons. The SMILES string of the molecule is CNCCc1nc(CC(C)C)c(C(C)C)s1. The van der Waals surface area contributed by atoms with Crippen molar-refractivity contribution in [3.8, 4) is 0 Å². The largest absolute Gasteiger partial charge is 0.319 e. The van der Waals surface area contributed by atoms with Crippen LogP contribution >= 0.6 is 11.3 Å². The van der Waals surface area contributed by atoms with Gasteiger partial charge in [-0.15, -0.1) is 11.3 Å². The Labute approximate surface area is 103 Å². The molecule has 1 N–H and O–H groups in total. The van der Waals surface area contributed by atoms with E-state index >= 15 is 0 Å². The van der Waals surface area contributed by atoms with E-state index < -0.39 is 0 Å². The highest BCUT2D eigenvalue weighted by Gasteiger charge is 2.14. The Morgan fingerprint density at radius 2 is 1.94 bits per heavy atom. The summed E-state index contributed by atoms with van der Waals surface area (Å²) in [5.41, 5.74) is 1.33. The van der Waals surface area contributed by atoms with E-state index in [2.05, 4.69) is 33.0 Å². The summed E-state index contributed by atoms with van der Waals surface area (Å²) < 4.78 is 0. The Bertz CT molecular complexity index is 316. The zero-order chi connectivity index (χ0) is 12.1. The van der Waals surface area contributed by atoms with E-state index in [0.717, 1.165) is 19.4 Å². The minimum absolute atomic E-state index is 0.606. The van der Waals surface area contributed by atoms with Crippen LogP contribution in [0.1, 0.15) is 49.2 Å². The predicted octanol–water partition coefficient (Wildman–Crippen LogP) is 3.23. The third-order valence-electron chi connectivity index (χ3n) is 2.49.